The van der Waals surface area contributed by atoms with E-state index in [9.17, 15) is 13.2 Å². The van der Waals surface area contributed by atoms with Gasteiger partial charge >= 0.3 is 0 Å². The Morgan fingerprint density at radius 1 is 1.07 bits per heavy atom. The molecule has 0 radical (unpaired) electrons. The molecule has 0 aliphatic heterocycles. The molecule has 2 aromatic rings. The summed E-state index contributed by atoms with van der Waals surface area (Å²) in [7, 11) is -3.62. The number of sulfonamides is 1. The molecule has 0 saturated carbocycles. The minimum Gasteiger partial charge on any atom is -0.491 e. The van der Waals surface area contributed by atoms with Crippen LogP contribution in [-0.4, -0.2) is 39.3 Å². The lowest BCUT2D eigenvalue weighted by Crippen LogP contribution is -2.50. The Labute approximate surface area is 161 Å². The molecule has 27 heavy (non-hydrogen) atoms. The number of ether oxygens (including phenoxy) is 1. The Morgan fingerprint density at radius 3 is 2.26 bits per heavy atom. The number of nitrogens with zero attached hydrogens (tertiary/aromatic N) is 1. The Bertz CT molecular complexity index is 869. The van der Waals surface area contributed by atoms with Gasteiger partial charge in [0.25, 0.3) is 0 Å². The lowest BCUT2D eigenvalue weighted by atomic mass is 10.2. The highest BCUT2D eigenvalue weighted by atomic mass is 32.2. The van der Waals surface area contributed by atoms with Gasteiger partial charge in [-0.1, -0.05) is 36.4 Å². The second-order valence-corrected chi connectivity index (χ2v) is 8.42. The lowest BCUT2D eigenvalue weighted by Gasteiger charge is -2.29. The molecule has 6 nitrogen and oxygen atoms in total. The second-order valence-electron chi connectivity index (χ2n) is 6.56. The number of para-hydroxylation sites is 2. The van der Waals surface area contributed by atoms with E-state index in [0.717, 1.165) is 21.9 Å². The van der Waals surface area contributed by atoms with E-state index in [2.05, 4.69) is 5.32 Å². The molecule has 0 saturated heterocycles. The van der Waals surface area contributed by atoms with Crippen molar-refractivity contribution in [3.8, 4) is 5.75 Å². The number of hydrogen-bond acceptors (Lipinski definition) is 4. The number of hydrogen-bond donors (Lipinski definition) is 1. The van der Waals surface area contributed by atoms with Gasteiger partial charge < -0.3 is 10.1 Å². The number of anilines is 1. The molecule has 0 aliphatic rings. The van der Waals surface area contributed by atoms with E-state index in [-0.39, 0.29) is 18.6 Å². The van der Waals surface area contributed by atoms with Crippen LogP contribution in [0.15, 0.2) is 54.6 Å². The minimum atomic E-state index is -3.62. The largest absolute Gasteiger partial charge is 0.491 e. The average molecular weight is 391 g/mol. The Balaban J connectivity index is 2.03. The third kappa shape index (κ3) is 5.72. The molecule has 2 unspecified atom stereocenters. The molecule has 0 fully saturated rings. The molecule has 1 N–H and O–H groups in total. The molecule has 0 heterocycles. The summed E-state index contributed by atoms with van der Waals surface area (Å²) in [5.41, 5.74) is 1.46. The van der Waals surface area contributed by atoms with Crippen LogP contribution in [0.5, 0.6) is 5.75 Å². The molecule has 1 amide bonds. The van der Waals surface area contributed by atoms with Crippen molar-refractivity contribution in [3.05, 3.63) is 60.2 Å². The summed E-state index contributed by atoms with van der Waals surface area (Å²) in [5.74, 6) is 0.374. The number of carbonyl (C=O) groups is 1. The van der Waals surface area contributed by atoms with Crippen molar-refractivity contribution < 1.29 is 17.9 Å². The number of nitrogens with one attached hydrogen (secondary N) is 1. The van der Waals surface area contributed by atoms with Gasteiger partial charge in [0.1, 0.15) is 18.4 Å². The van der Waals surface area contributed by atoms with E-state index >= 15 is 0 Å². The van der Waals surface area contributed by atoms with Crippen molar-refractivity contribution in [2.45, 2.75) is 32.9 Å². The van der Waals surface area contributed by atoms with Crippen LogP contribution in [0.3, 0.4) is 0 Å². The zero-order valence-corrected chi connectivity index (χ0v) is 16.9. The fraction of sp³-hybridized carbons (Fsp3) is 0.350. The van der Waals surface area contributed by atoms with Crippen molar-refractivity contribution in [2.24, 2.45) is 0 Å². The van der Waals surface area contributed by atoms with Gasteiger partial charge in [-0.15, -0.1) is 0 Å². The minimum absolute atomic E-state index is 0.281. The van der Waals surface area contributed by atoms with Crippen molar-refractivity contribution in [1.29, 1.82) is 0 Å². The average Bonchev–Trinajstić information content (AvgIpc) is 2.60. The van der Waals surface area contributed by atoms with Crippen LogP contribution in [0.1, 0.15) is 19.4 Å². The third-order valence-corrected chi connectivity index (χ3v) is 5.31. The fourth-order valence-electron chi connectivity index (χ4n) is 2.72. The molecule has 0 spiro atoms. The van der Waals surface area contributed by atoms with Crippen LogP contribution in [-0.2, 0) is 14.8 Å². The van der Waals surface area contributed by atoms with E-state index in [4.69, 9.17) is 4.74 Å². The van der Waals surface area contributed by atoms with Gasteiger partial charge in [0.05, 0.1) is 18.0 Å². The molecule has 0 aromatic heterocycles. The second kappa shape index (κ2) is 8.90. The summed E-state index contributed by atoms with van der Waals surface area (Å²) >= 11 is 0. The molecule has 7 heteroatoms. The lowest BCUT2D eigenvalue weighted by molar-refractivity contribution is -0.122. The van der Waals surface area contributed by atoms with E-state index in [1.807, 2.05) is 38.1 Å². The zero-order chi connectivity index (χ0) is 20.0. The summed E-state index contributed by atoms with van der Waals surface area (Å²) in [6.07, 6.45) is 1.09. The number of benzene rings is 2. The van der Waals surface area contributed by atoms with Gasteiger partial charge in [0, 0.05) is 0 Å². The summed E-state index contributed by atoms with van der Waals surface area (Å²) in [6.45, 7) is 5.62. The van der Waals surface area contributed by atoms with Crippen molar-refractivity contribution >= 4 is 21.6 Å². The quantitative estimate of drug-likeness (QED) is 0.752. The van der Waals surface area contributed by atoms with Crippen LogP contribution < -0.4 is 14.4 Å². The van der Waals surface area contributed by atoms with Crippen molar-refractivity contribution in [3.63, 3.8) is 0 Å². The van der Waals surface area contributed by atoms with Crippen LogP contribution >= 0.6 is 0 Å². The molecule has 0 bridgehead atoms. The monoisotopic (exact) mass is 390 g/mol. The number of carbonyl (C=O) groups excluding carboxylic acids is 1. The smallest absolute Gasteiger partial charge is 0.243 e. The summed E-state index contributed by atoms with van der Waals surface area (Å²) in [4.78, 5) is 12.6. The fourth-order valence-corrected chi connectivity index (χ4v) is 3.90. The van der Waals surface area contributed by atoms with Gasteiger partial charge in [-0.2, -0.15) is 0 Å². The first-order valence-electron chi connectivity index (χ1n) is 8.73. The van der Waals surface area contributed by atoms with Crippen molar-refractivity contribution in [2.75, 3.05) is 17.2 Å². The van der Waals surface area contributed by atoms with E-state index in [1.54, 1.807) is 37.3 Å². The maximum atomic E-state index is 12.6. The summed E-state index contributed by atoms with van der Waals surface area (Å²) in [6, 6.07) is 15.0. The Kier molecular flexibility index (Phi) is 6.85. The normalized spacial score (nSPS) is 13.5. The molecule has 0 aliphatic carbocycles. The van der Waals surface area contributed by atoms with Gasteiger partial charge in [-0.25, -0.2) is 8.42 Å². The molecule has 2 aromatic carbocycles. The van der Waals surface area contributed by atoms with Crippen LogP contribution in [0.25, 0.3) is 0 Å². The van der Waals surface area contributed by atoms with E-state index in [0.29, 0.717) is 5.69 Å². The maximum absolute atomic E-state index is 12.6. The number of aryl methyl sites for hydroxylation is 1. The Hall–Kier alpha value is -2.54. The maximum Gasteiger partial charge on any atom is 0.243 e. The van der Waals surface area contributed by atoms with Gasteiger partial charge in [-0.05, 0) is 44.5 Å². The van der Waals surface area contributed by atoms with Crippen LogP contribution in [0.2, 0.25) is 0 Å². The summed E-state index contributed by atoms with van der Waals surface area (Å²) in [5, 5.41) is 2.82. The van der Waals surface area contributed by atoms with Gasteiger partial charge in [-0.3, -0.25) is 9.10 Å². The predicted molar refractivity (Wildman–Crippen MR) is 108 cm³/mol. The molecule has 2 rings (SSSR count). The Morgan fingerprint density at radius 2 is 1.67 bits per heavy atom. The molecule has 146 valence electrons. The number of amides is 1. The third-order valence-electron chi connectivity index (χ3n) is 4.07. The number of rotatable bonds is 8. The standard InChI is InChI=1S/C20H26N2O4S/c1-15-10-8-9-13-19(15)26-14-16(2)21-20(23)17(3)22(27(4,24)25)18-11-6-5-7-12-18/h5-13,16-17H,14H2,1-4H3,(H,21,23). The molecule has 2 atom stereocenters. The van der Waals surface area contributed by atoms with E-state index in [1.165, 1.54) is 0 Å². The highest BCUT2D eigenvalue weighted by Crippen LogP contribution is 2.20. The first-order chi connectivity index (χ1) is 12.7. The molecular formula is C20H26N2O4S. The van der Waals surface area contributed by atoms with E-state index < -0.39 is 16.1 Å². The SMILES string of the molecule is Cc1ccccc1OCC(C)NC(=O)C(C)N(c1ccccc1)S(C)(=O)=O. The predicted octanol–water partition coefficient (Wildman–Crippen LogP) is 2.73. The summed E-state index contributed by atoms with van der Waals surface area (Å²) < 4.78 is 31.3. The van der Waals surface area contributed by atoms with Gasteiger partial charge in [0.15, 0.2) is 0 Å². The molecular weight excluding hydrogens is 364 g/mol. The topological polar surface area (TPSA) is 75.7 Å². The van der Waals surface area contributed by atoms with Crippen LogP contribution in [0.4, 0.5) is 5.69 Å². The van der Waals surface area contributed by atoms with Crippen molar-refractivity contribution in [1.82, 2.24) is 5.32 Å². The highest BCUT2D eigenvalue weighted by Gasteiger charge is 2.29. The highest BCUT2D eigenvalue weighted by molar-refractivity contribution is 7.92. The first kappa shape index (κ1) is 20.8. The van der Waals surface area contributed by atoms with Gasteiger partial charge in [0.2, 0.25) is 15.9 Å². The zero-order valence-electron chi connectivity index (χ0n) is 16.0. The van der Waals surface area contributed by atoms with Crippen LogP contribution in [0, 0.1) is 6.92 Å². The first-order valence-corrected chi connectivity index (χ1v) is 10.6.